The molecule has 4 rings (SSSR count). The monoisotopic (exact) mass is 520 g/mol. The highest BCUT2D eigenvalue weighted by Gasteiger charge is 2.20. The molecule has 2 amide bonds. The molecule has 4 aromatic rings. The molecule has 1 atom stereocenters. The van der Waals surface area contributed by atoms with Gasteiger partial charge in [0.05, 0.1) is 28.4 Å². The molecule has 0 aliphatic rings. The van der Waals surface area contributed by atoms with Gasteiger partial charge in [0, 0.05) is 23.8 Å². The van der Waals surface area contributed by atoms with Crippen LogP contribution in [-0.4, -0.2) is 27.4 Å². The van der Waals surface area contributed by atoms with E-state index in [1.54, 1.807) is 36.4 Å². The Balaban J connectivity index is 1.74. The molecule has 0 saturated heterocycles. The Morgan fingerprint density at radius 1 is 1.08 bits per heavy atom. The fraction of sp³-hybridized carbons (Fsp3) is 0.226. The third kappa shape index (κ3) is 6.40. The van der Waals surface area contributed by atoms with Crippen LogP contribution in [0.4, 0.5) is 11.6 Å². The molecule has 0 aliphatic heterocycles. The fourth-order valence-electron chi connectivity index (χ4n) is 3.94. The predicted octanol–water partition coefficient (Wildman–Crippen LogP) is 5.80. The minimum absolute atomic E-state index is 0.126. The summed E-state index contributed by atoms with van der Waals surface area (Å²) in [7, 11) is 0. The number of nitrogens with zero attached hydrogens (tertiary/aromatic N) is 3. The van der Waals surface area contributed by atoms with E-state index in [0.29, 0.717) is 46.6 Å². The lowest BCUT2D eigenvalue weighted by atomic mass is 9.88. The van der Waals surface area contributed by atoms with Crippen molar-refractivity contribution in [2.45, 2.75) is 40.3 Å². The summed E-state index contributed by atoms with van der Waals surface area (Å²) in [6, 6.07) is 22.1. The van der Waals surface area contributed by atoms with Crippen molar-refractivity contribution in [3.8, 4) is 11.8 Å². The highest BCUT2D eigenvalue weighted by atomic mass is 16.2. The quantitative estimate of drug-likeness (QED) is 0.254. The van der Waals surface area contributed by atoms with Crippen molar-refractivity contribution < 1.29 is 9.59 Å². The van der Waals surface area contributed by atoms with Gasteiger partial charge < -0.3 is 10.6 Å². The number of carbonyl (C=O) groups is 2. The molecule has 0 unspecified atom stereocenters. The van der Waals surface area contributed by atoms with E-state index in [2.05, 4.69) is 56.3 Å². The Bertz CT molecular complexity index is 1570. The normalized spacial score (nSPS) is 12.0. The molecule has 1 heterocycles. The number of hydrogen-bond donors (Lipinski definition) is 3. The average Bonchev–Trinajstić information content (AvgIpc) is 3.28. The maximum atomic E-state index is 13.1. The van der Waals surface area contributed by atoms with E-state index < -0.39 is 0 Å². The number of nitriles is 1. The molecule has 0 bridgehead atoms. The zero-order valence-electron chi connectivity index (χ0n) is 22.6. The largest absolute Gasteiger partial charge is 0.322 e. The van der Waals surface area contributed by atoms with Crippen LogP contribution in [0.2, 0.25) is 0 Å². The van der Waals surface area contributed by atoms with Crippen LogP contribution in [0.15, 0.2) is 79.4 Å². The lowest BCUT2D eigenvalue weighted by Crippen LogP contribution is -2.37. The maximum Gasteiger partial charge on any atom is 0.257 e. The van der Waals surface area contributed by atoms with Gasteiger partial charge in [-0.2, -0.15) is 5.26 Å². The highest BCUT2D eigenvalue weighted by molar-refractivity contribution is 6.04. The van der Waals surface area contributed by atoms with E-state index in [4.69, 9.17) is 10.2 Å². The molecule has 3 N–H and O–H groups in total. The molecule has 0 spiro atoms. The summed E-state index contributed by atoms with van der Waals surface area (Å²) in [6.07, 6.45) is 1.21. The van der Waals surface area contributed by atoms with Crippen LogP contribution in [0.1, 0.15) is 49.2 Å². The van der Waals surface area contributed by atoms with Crippen LogP contribution in [0.5, 0.6) is 0 Å². The molecule has 0 saturated carbocycles. The Morgan fingerprint density at radius 2 is 1.82 bits per heavy atom. The highest BCUT2D eigenvalue weighted by Crippen LogP contribution is 2.28. The van der Waals surface area contributed by atoms with Crippen LogP contribution in [0, 0.1) is 16.7 Å². The van der Waals surface area contributed by atoms with Crippen LogP contribution in [0.3, 0.4) is 0 Å². The first-order valence-corrected chi connectivity index (χ1v) is 12.7. The lowest BCUT2D eigenvalue weighted by Gasteiger charge is -2.28. The van der Waals surface area contributed by atoms with Crippen molar-refractivity contribution in [2.75, 3.05) is 10.6 Å². The van der Waals surface area contributed by atoms with Gasteiger partial charge in [0.2, 0.25) is 11.9 Å². The Hall–Kier alpha value is -4.74. The van der Waals surface area contributed by atoms with Crippen molar-refractivity contribution in [3.63, 3.8) is 0 Å². The molecule has 1 aromatic heterocycles. The number of amides is 2. The number of carbonyl (C=O) groups excluding carboxylic acids is 2. The van der Waals surface area contributed by atoms with Crippen molar-refractivity contribution in [3.05, 3.63) is 96.1 Å². The van der Waals surface area contributed by atoms with Crippen molar-refractivity contribution in [1.82, 2.24) is 14.9 Å². The van der Waals surface area contributed by atoms with Crippen LogP contribution < -0.4 is 16.0 Å². The first-order chi connectivity index (χ1) is 18.6. The first kappa shape index (κ1) is 27.3. The fourth-order valence-corrected chi connectivity index (χ4v) is 3.94. The van der Waals surface area contributed by atoms with Gasteiger partial charge in [0.15, 0.2) is 0 Å². The third-order valence-corrected chi connectivity index (χ3v) is 6.69. The second-order valence-corrected chi connectivity index (χ2v) is 10.4. The van der Waals surface area contributed by atoms with Crippen molar-refractivity contribution in [1.29, 1.82) is 5.26 Å². The number of nitrogens with one attached hydrogen (secondary N) is 3. The number of rotatable bonds is 8. The Morgan fingerprint density at radius 3 is 2.49 bits per heavy atom. The van der Waals surface area contributed by atoms with E-state index in [1.165, 1.54) is 6.08 Å². The van der Waals surface area contributed by atoms with E-state index in [1.807, 2.05) is 34.9 Å². The average molecular weight is 521 g/mol. The Kier molecular flexibility index (Phi) is 7.93. The number of fused-ring (bicyclic) bond motifs is 1. The van der Waals surface area contributed by atoms with Gasteiger partial charge in [-0.3, -0.25) is 19.5 Å². The summed E-state index contributed by atoms with van der Waals surface area (Å²) in [5, 5.41) is 18.3. The molecular weight excluding hydrogens is 488 g/mol. The minimum Gasteiger partial charge on any atom is -0.322 e. The van der Waals surface area contributed by atoms with Gasteiger partial charge in [-0.1, -0.05) is 39.5 Å². The van der Waals surface area contributed by atoms with Gasteiger partial charge in [0.1, 0.15) is 0 Å². The zero-order valence-corrected chi connectivity index (χ0v) is 22.6. The molecule has 0 aliphatic carbocycles. The molecule has 0 radical (unpaired) electrons. The van der Waals surface area contributed by atoms with E-state index in [9.17, 15) is 9.59 Å². The predicted molar refractivity (Wildman–Crippen MR) is 155 cm³/mol. The van der Waals surface area contributed by atoms with Gasteiger partial charge in [-0.25, -0.2) is 4.98 Å². The van der Waals surface area contributed by atoms with E-state index >= 15 is 0 Å². The second-order valence-electron chi connectivity index (χ2n) is 10.4. The van der Waals surface area contributed by atoms with E-state index in [0.717, 1.165) is 11.1 Å². The zero-order chi connectivity index (χ0) is 28.2. The van der Waals surface area contributed by atoms with Crippen LogP contribution in [0.25, 0.3) is 16.7 Å². The number of aromatic nitrogens is 2. The molecule has 198 valence electrons. The molecule has 39 heavy (non-hydrogen) atoms. The van der Waals surface area contributed by atoms with Crippen molar-refractivity contribution in [2.24, 2.45) is 5.41 Å². The van der Waals surface area contributed by atoms with Gasteiger partial charge >= 0.3 is 0 Å². The Labute approximate surface area is 228 Å². The minimum atomic E-state index is -0.354. The summed E-state index contributed by atoms with van der Waals surface area (Å²) in [4.78, 5) is 29.8. The number of imidazole rings is 1. The smallest absolute Gasteiger partial charge is 0.257 e. The summed E-state index contributed by atoms with van der Waals surface area (Å²) in [6.45, 7) is 12.9. The van der Waals surface area contributed by atoms with Gasteiger partial charge in [-0.15, -0.1) is 0 Å². The summed E-state index contributed by atoms with van der Waals surface area (Å²) in [5.74, 6) is -0.341. The molecule has 0 fully saturated rings. The first-order valence-electron chi connectivity index (χ1n) is 12.7. The molecule has 8 heteroatoms. The maximum absolute atomic E-state index is 13.1. The van der Waals surface area contributed by atoms with Crippen LogP contribution >= 0.6 is 0 Å². The number of benzene rings is 3. The molecular formula is C31H32N6O2. The molecule has 3 aromatic carbocycles. The third-order valence-electron chi connectivity index (χ3n) is 6.69. The van der Waals surface area contributed by atoms with Gasteiger partial charge in [0.25, 0.3) is 5.91 Å². The van der Waals surface area contributed by atoms with E-state index in [-0.39, 0.29) is 17.2 Å². The summed E-state index contributed by atoms with van der Waals surface area (Å²) >= 11 is 0. The SMILES string of the molecule is C=CC(=O)Nc1cccc(-n2c(NC(=O)c3ccc(C#N)cc3)nc3cc(CN[C@@H](C)C(C)(C)C)ccc32)c1. The number of anilines is 2. The summed E-state index contributed by atoms with van der Waals surface area (Å²) < 4.78 is 1.84. The summed E-state index contributed by atoms with van der Waals surface area (Å²) in [5.41, 5.74) is 4.88. The van der Waals surface area contributed by atoms with Crippen LogP contribution in [-0.2, 0) is 11.3 Å². The number of hydrogen-bond acceptors (Lipinski definition) is 5. The molecule has 8 nitrogen and oxygen atoms in total. The second kappa shape index (κ2) is 11.3. The standard InChI is InChI=1S/C31H32N6O2/c1-6-28(38)34-24-8-7-9-25(17-24)37-27-15-12-22(19-33-20(2)31(3,4)5)16-26(27)35-30(37)36-29(39)23-13-10-21(18-32)11-14-23/h6-17,20,33H,1,19H2,2-5H3,(H,34,38)(H,35,36,39)/t20-/m0/s1. The topological polar surface area (TPSA) is 112 Å². The lowest BCUT2D eigenvalue weighted by molar-refractivity contribution is -0.111. The van der Waals surface area contributed by atoms with Gasteiger partial charge in [-0.05, 0) is 78.6 Å². The van der Waals surface area contributed by atoms with Crippen molar-refractivity contribution >= 4 is 34.5 Å².